The van der Waals surface area contributed by atoms with Crippen LogP contribution in [0.2, 0.25) is 0 Å². The highest BCUT2D eigenvalue weighted by Crippen LogP contribution is 2.18. The number of esters is 1. The summed E-state index contributed by atoms with van der Waals surface area (Å²) in [5.74, 6) is -1.35. The van der Waals surface area contributed by atoms with E-state index < -0.39 is 29.1 Å². The topological polar surface area (TPSA) is 132 Å². The van der Waals surface area contributed by atoms with Gasteiger partial charge in [-0.3, -0.25) is 24.5 Å². The number of ether oxygens (including phenoxy) is 1. The number of aromatic nitrogens is 3. The van der Waals surface area contributed by atoms with Crippen molar-refractivity contribution >= 4 is 34.4 Å². The van der Waals surface area contributed by atoms with Crippen molar-refractivity contribution in [2.75, 3.05) is 11.9 Å². The quantitative estimate of drug-likeness (QED) is 0.573. The first kappa shape index (κ1) is 19.5. The van der Waals surface area contributed by atoms with Crippen LogP contribution in [-0.2, 0) is 19.1 Å². The molecule has 2 heterocycles. The fourth-order valence-corrected chi connectivity index (χ4v) is 2.84. The van der Waals surface area contributed by atoms with Crippen molar-refractivity contribution in [3.63, 3.8) is 0 Å². The molecule has 0 saturated carbocycles. The first-order valence-electron chi connectivity index (χ1n) is 8.83. The van der Waals surface area contributed by atoms with Crippen LogP contribution in [0, 0.1) is 0 Å². The summed E-state index contributed by atoms with van der Waals surface area (Å²) in [6, 6.07) is 3.90. The highest BCUT2D eigenvalue weighted by Gasteiger charge is 2.30. The standard InChI is InChI=1S/C18H21N5O5/c1-18(2,3)28-15(25)9-19-10-4-5-11-12(8-10)21-22-23(17(11)27)13-6-7-14(24)20-16(13)26/h4-5,8,13,19H,6-7,9H2,1-3H3,(H,20,24,26). The van der Waals surface area contributed by atoms with Gasteiger partial charge in [0.1, 0.15) is 23.7 Å². The summed E-state index contributed by atoms with van der Waals surface area (Å²) in [4.78, 5) is 47.7. The minimum atomic E-state index is -0.868. The molecule has 1 fully saturated rings. The van der Waals surface area contributed by atoms with Crippen LogP contribution in [0.3, 0.4) is 0 Å². The smallest absolute Gasteiger partial charge is 0.325 e. The number of carbonyl (C=O) groups is 3. The van der Waals surface area contributed by atoms with E-state index in [4.69, 9.17) is 4.74 Å². The lowest BCUT2D eigenvalue weighted by Crippen LogP contribution is -2.45. The van der Waals surface area contributed by atoms with Crippen molar-refractivity contribution in [3.8, 4) is 0 Å². The van der Waals surface area contributed by atoms with Crippen LogP contribution in [0.15, 0.2) is 23.0 Å². The number of nitrogens with one attached hydrogen (secondary N) is 2. The molecule has 28 heavy (non-hydrogen) atoms. The Kier molecular flexibility index (Phi) is 5.12. The second-order valence-electron chi connectivity index (χ2n) is 7.48. The molecule has 2 amide bonds. The predicted molar refractivity (Wildman–Crippen MR) is 99.6 cm³/mol. The summed E-state index contributed by atoms with van der Waals surface area (Å²) >= 11 is 0. The molecule has 1 aliphatic heterocycles. The van der Waals surface area contributed by atoms with E-state index in [-0.39, 0.29) is 30.7 Å². The summed E-state index contributed by atoms with van der Waals surface area (Å²) in [6.45, 7) is 5.31. The maximum atomic E-state index is 12.7. The number of amides is 2. The Labute approximate surface area is 160 Å². The molecule has 0 radical (unpaired) electrons. The number of imide groups is 1. The third kappa shape index (κ3) is 4.33. The SMILES string of the molecule is CC(C)(C)OC(=O)CNc1ccc2c(=O)n(C3CCC(=O)NC3=O)nnc2c1. The third-order valence-electron chi connectivity index (χ3n) is 4.05. The fraction of sp³-hybridized carbons (Fsp3) is 0.444. The zero-order valence-corrected chi connectivity index (χ0v) is 15.8. The molecular weight excluding hydrogens is 366 g/mol. The molecule has 1 saturated heterocycles. The number of piperidine rings is 1. The van der Waals surface area contributed by atoms with Gasteiger partial charge in [-0.25, -0.2) is 0 Å². The van der Waals surface area contributed by atoms with Gasteiger partial charge < -0.3 is 10.1 Å². The van der Waals surface area contributed by atoms with Crippen LogP contribution in [0.4, 0.5) is 5.69 Å². The molecule has 0 spiro atoms. The lowest BCUT2D eigenvalue weighted by atomic mass is 10.1. The van der Waals surface area contributed by atoms with Gasteiger partial charge in [0.25, 0.3) is 11.5 Å². The van der Waals surface area contributed by atoms with Crippen LogP contribution in [0.1, 0.15) is 39.7 Å². The van der Waals surface area contributed by atoms with E-state index in [2.05, 4.69) is 20.9 Å². The summed E-state index contributed by atoms with van der Waals surface area (Å²) < 4.78 is 6.22. The number of hydrogen-bond donors (Lipinski definition) is 2. The summed E-state index contributed by atoms with van der Waals surface area (Å²) in [6.07, 6.45) is 0.330. The minimum Gasteiger partial charge on any atom is -0.459 e. The number of hydrogen-bond acceptors (Lipinski definition) is 8. The lowest BCUT2D eigenvalue weighted by molar-refractivity contribution is -0.152. The zero-order valence-electron chi connectivity index (χ0n) is 15.8. The Hall–Kier alpha value is -3.30. The van der Waals surface area contributed by atoms with Crippen LogP contribution in [-0.4, -0.2) is 44.9 Å². The van der Waals surface area contributed by atoms with Gasteiger partial charge in [0.05, 0.1) is 5.39 Å². The Morgan fingerprint density at radius 1 is 1.32 bits per heavy atom. The molecule has 1 atom stereocenters. The maximum absolute atomic E-state index is 12.7. The predicted octanol–water partition coefficient (Wildman–Crippen LogP) is 0.523. The Morgan fingerprint density at radius 3 is 2.75 bits per heavy atom. The number of fused-ring (bicyclic) bond motifs is 1. The van der Waals surface area contributed by atoms with Gasteiger partial charge in [-0.2, -0.15) is 4.68 Å². The maximum Gasteiger partial charge on any atom is 0.325 e. The molecule has 2 aromatic rings. The van der Waals surface area contributed by atoms with Gasteiger partial charge in [-0.15, -0.1) is 5.10 Å². The van der Waals surface area contributed by atoms with Gasteiger partial charge in [0.2, 0.25) is 5.91 Å². The molecule has 0 bridgehead atoms. The number of anilines is 1. The van der Waals surface area contributed by atoms with Gasteiger partial charge in [-0.1, -0.05) is 5.21 Å². The van der Waals surface area contributed by atoms with E-state index in [9.17, 15) is 19.2 Å². The number of rotatable bonds is 4. The number of carbonyl (C=O) groups excluding carboxylic acids is 3. The Balaban J connectivity index is 1.79. The van der Waals surface area contributed by atoms with E-state index in [1.54, 1.807) is 39.0 Å². The highest BCUT2D eigenvalue weighted by molar-refractivity contribution is 5.99. The first-order valence-corrected chi connectivity index (χ1v) is 8.83. The largest absolute Gasteiger partial charge is 0.459 e. The Bertz CT molecular complexity index is 1010. The van der Waals surface area contributed by atoms with Gasteiger partial charge in [0.15, 0.2) is 0 Å². The molecule has 1 unspecified atom stereocenters. The zero-order chi connectivity index (χ0) is 20.5. The molecule has 1 aromatic carbocycles. The highest BCUT2D eigenvalue weighted by atomic mass is 16.6. The van der Waals surface area contributed by atoms with E-state index in [0.29, 0.717) is 11.2 Å². The van der Waals surface area contributed by atoms with Gasteiger partial charge in [-0.05, 0) is 45.4 Å². The van der Waals surface area contributed by atoms with Crippen LogP contribution < -0.4 is 16.2 Å². The third-order valence-corrected chi connectivity index (χ3v) is 4.05. The van der Waals surface area contributed by atoms with Crippen molar-refractivity contribution < 1.29 is 19.1 Å². The van der Waals surface area contributed by atoms with Crippen molar-refractivity contribution in [2.45, 2.75) is 45.3 Å². The first-order chi connectivity index (χ1) is 13.1. The molecule has 0 aliphatic carbocycles. The van der Waals surface area contributed by atoms with Crippen LogP contribution in [0.5, 0.6) is 0 Å². The molecule has 148 valence electrons. The molecule has 3 rings (SSSR count). The molecule has 10 nitrogen and oxygen atoms in total. The van der Waals surface area contributed by atoms with Crippen LogP contribution >= 0.6 is 0 Å². The van der Waals surface area contributed by atoms with Crippen LogP contribution in [0.25, 0.3) is 10.9 Å². The van der Waals surface area contributed by atoms with Crippen molar-refractivity contribution in [2.24, 2.45) is 0 Å². The number of nitrogens with zero attached hydrogens (tertiary/aromatic N) is 3. The van der Waals surface area contributed by atoms with Crippen molar-refractivity contribution in [1.29, 1.82) is 0 Å². The molecular formula is C18H21N5O5. The minimum absolute atomic E-state index is 0.0381. The summed E-state index contributed by atoms with van der Waals surface area (Å²) in [7, 11) is 0. The van der Waals surface area contributed by atoms with E-state index in [1.165, 1.54) is 0 Å². The van der Waals surface area contributed by atoms with Crippen molar-refractivity contribution in [3.05, 3.63) is 28.6 Å². The second kappa shape index (κ2) is 7.37. The average molecular weight is 387 g/mol. The number of benzene rings is 1. The average Bonchev–Trinajstić information content (AvgIpc) is 2.59. The van der Waals surface area contributed by atoms with Gasteiger partial charge in [0, 0.05) is 12.1 Å². The van der Waals surface area contributed by atoms with Crippen molar-refractivity contribution in [1.82, 2.24) is 20.3 Å². The van der Waals surface area contributed by atoms with E-state index >= 15 is 0 Å². The van der Waals surface area contributed by atoms with E-state index in [1.807, 2.05) is 0 Å². The molecule has 1 aromatic heterocycles. The second-order valence-corrected chi connectivity index (χ2v) is 7.48. The lowest BCUT2D eigenvalue weighted by Gasteiger charge is -2.21. The van der Waals surface area contributed by atoms with E-state index in [0.717, 1.165) is 4.68 Å². The molecule has 1 aliphatic rings. The molecule has 10 heteroatoms. The monoisotopic (exact) mass is 387 g/mol. The Morgan fingerprint density at radius 2 is 2.07 bits per heavy atom. The summed E-state index contributed by atoms with van der Waals surface area (Å²) in [5, 5.41) is 13.3. The van der Waals surface area contributed by atoms with Gasteiger partial charge >= 0.3 is 5.97 Å². The molecule has 2 N–H and O–H groups in total. The normalized spacial score (nSPS) is 17.3. The fourth-order valence-electron chi connectivity index (χ4n) is 2.84. The summed E-state index contributed by atoms with van der Waals surface area (Å²) in [5.41, 5.74) is -0.152.